The van der Waals surface area contributed by atoms with Gasteiger partial charge in [0.1, 0.15) is 11.5 Å². The normalized spacial score (nSPS) is 14.0. The van der Waals surface area contributed by atoms with Gasteiger partial charge in [-0.25, -0.2) is 4.39 Å². The van der Waals surface area contributed by atoms with Crippen LogP contribution in [0.4, 0.5) is 15.8 Å². The van der Waals surface area contributed by atoms with Gasteiger partial charge < -0.3 is 5.32 Å². The van der Waals surface area contributed by atoms with Crippen LogP contribution in [0, 0.1) is 15.9 Å². The third-order valence-electron chi connectivity index (χ3n) is 2.12. The lowest BCUT2D eigenvalue weighted by molar-refractivity contribution is -0.384. The van der Waals surface area contributed by atoms with Crippen molar-refractivity contribution in [1.29, 1.82) is 0 Å². The number of hydrogen-bond acceptors (Lipinski definition) is 4. The number of nitro groups is 1. The van der Waals surface area contributed by atoms with E-state index in [1.807, 2.05) is 0 Å². The number of rotatable bonds is 5. The molecule has 1 aromatic carbocycles. The monoisotopic (exact) mass is 338 g/mol. The van der Waals surface area contributed by atoms with Gasteiger partial charge in [0.25, 0.3) is 5.69 Å². The molecule has 5 nitrogen and oxygen atoms in total. The predicted octanol–water partition coefficient (Wildman–Crippen LogP) is 2.68. The molecule has 1 rings (SSSR count). The first-order valence-corrected chi connectivity index (χ1v) is 7.53. The molecule has 1 N–H and O–H groups in total. The maximum Gasteiger partial charge on any atom is 0.293 e. The van der Waals surface area contributed by atoms with Crippen LogP contribution in [0.5, 0.6) is 0 Å². The van der Waals surface area contributed by atoms with Crippen molar-refractivity contribution >= 4 is 38.1 Å². The van der Waals surface area contributed by atoms with Gasteiger partial charge in [0.15, 0.2) is 0 Å². The minimum atomic E-state index is -1.03. The highest BCUT2D eigenvalue weighted by Crippen LogP contribution is 2.30. The number of halogens is 2. The maximum absolute atomic E-state index is 13.4. The van der Waals surface area contributed by atoms with Gasteiger partial charge in [0.05, 0.1) is 9.40 Å². The van der Waals surface area contributed by atoms with E-state index in [2.05, 4.69) is 21.2 Å². The second kappa shape index (κ2) is 6.24. The van der Waals surface area contributed by atoms with Crippen LogP contribution in [-0.2, 0) is 10.8 Å². The highest BCUT2D eigenvalue weighted by molar-refractivity contribution is 9.10. The van der Waals surface area contributed by atoms with Crippen molar-refractivity contribution in [2.45, 2.75) is 13.0 Å². The fourth-order valence-corrected chi connectivity index (χ4v) is 2.58. The first-order chi connectivity index (χ1) is 8.31. The summed E-state index contributed by atoms with van der Waals surface area (Å²) in [7, 11) is -1.03. The molecule has 2 atom stereocenters. The van der Waals surface area contributed by atoms with E-state index < -0.39 is 21.5 Å². The first kappa shape index (κ1) is 15.0. The number of nitrogens with zero attached hydrogens (tertiary/aromatic N) is 1. The number of nitro benzene ring substituents is 1. The van der Waals surface area contributed by atoms with Gasteiger partial charge in [0, 0.05) is 41.0 Å². The lowest BCUT2D eigenvalue weighted by atomic mass is 10.2. The molecule has 1 aromatic rings. The average molecular weight is 339 g/mol. The fourth-order valence-electron chi connectivity index (χ4n) is 1.46. The van der Waals surface area contributed by atoms with E-state index in [0.29, 0.717) is 5.75 Å². The molecule has 0 radical (unpaired) electrons. The van der Waals surface area contributed by atoms with Crippen LogP contribution in [0.1, 0.15) is 6.92 Å². The molecular formula is C10H12BrFN2O3S. The minimum Gasteiger partial charge on any atom is -0.376 e. The lowest BCUT2D eigenvalue weighted by Crippen LogP contribution is -2.22. The molecule has 100 valence electrons. The van der Waals surface area contributed by atoms with Gasteiger partial charge in [-0.05, 0) is 22.9 Å². The summed E-state index contributed by atoms with van der Waals surface area (Å²) in [6, 6.07) is 1.90. The number of anilines is 1. The number of nitrogens with one attached hydrogen (secondary N) is 1. The molecule has 0 aromatic heterocycles. The Morgan fingerprint density at radius 1 is 1.61 bits per heavy atom. The number of hydrogen-bond donors (Lipinski definition) is 1. The molecule has 0 saturated heterocycles. The van der Waals surface area contributed by atoms with E-state index in [4.69, 9.17) is 0 Å². The van der Waals surface area contributed by atoms with Crippen LogP contribution in [0.3, 0.4) is 0 Å². The van der Waals surface area contributed by atoms with Crippen LogP contribution < -0.4 is 5.32 Å². The van der Waals surface area contributed by atoms with Crippen molar-refractivity contribution in [2.75, 3.05) is 17.3 Å². The largest absolute Gasteiger partial charge is 0.376 e. The summed E-state index contributed by atoms with van der Waals surface area (Å²) in [6.45, 7) is 1.73. The molecule has 0 heterocycles. The zero-order chi connectivity index (χ0) is 13.9. The standard InChI is InChI=1S/C10H12BrFN2O3S/c1-6(5-18(2)17)13-9-4-8(12)7(11)3-10(9)14(15)16/h3-4,6,13H,5H2,1-2H3. The van der Waals surface area contributed by atoms with Gasteiger partial charge in [-0.2, -0.15) is 0 Å². The second-order valence-electron chi connectivity index (χ2n) is 3.83. The smallest absolute Gasteiger partial charge is 0.293 e. The van der Waals surface area contributed by atoms with E-state index in [0.717, 1.165) is 12.1 Å². The molecule has 0 amide bonds. The molecule has 0 aliphatic carbocycles. The quantitative estimate of drug-likeness (QED) is 0.661. The summed E-state index contributed by atoms with van der Waals surface area (Å²) in [4.78, 5) is 10.3. The highest BCUT2D eigenvalue weighted by Gasteiger charge is 2.19. The molecule has 0 aliphatic rings. The molecule has 0 spiro atoms. The zero-order valence-electron chi connectivity index (χ0n) is 9.78. The van der Waals surface area contributed by atoms with Crippen LogP contribution in [0.2, 0.25) is 0 Å². The van der Waals surface area contributed by atoms with Crippen LogP contribution in [0.25, 0.3) is 0 Å². The highest BCUT2D eigenvalue weighted by atomic mass is 79.9. The molecule has 2 unspecified atom stereocenters. The fraction of sp³-hybridized carbons (Fsp3) is 0.400. The Labute approximate surface area is 115 Å². The summed E-state index contributed by atoms with van der Waals surface area (Å²) in [6.07, 6.45) is 1.54. The minimum absolute atomic E-state index is 0.0338. The summed E-state index contributed by atoms with van der Waals surface area (Å²) in [5.41, 5.74) is -0.143. The van der Waals surface area contributed by atoms with Gasteiger partial charge >= 0.3 is 0 Å². The molecule has 18 heavy (non-hydrogen) atoms. The van der Waals surface area contributed by atoms with Crippen molar-refractivity contribution in [3.63, 3.8) is 0 Å². The van der Waals surface area contributed by atoms with Crippen molar-refractivity contribution in [3.8, 4) is 0 Å². The molecule has 0 bridgehead atoms. The van der Waals surface area contributed by atoms with Gasteiger partial charge in [-0.1, -0.05) is 0 Å². The maximum atomic E-state index is 13.4. The summed E-state index contributed by atoms with van der Waals surface area (Å²) < 4.78 is 24.4. The Morgan fingerprint density at radius 3 is 2.72 bits per heavy atom. The van der Waals surface area contributed by atoms with Crippen molar-refractivity contribution in [3.05, 3.63) is 32.5 Å². The van der Waals surface area contributed by atoms with Crippen LogP contribution in [-0.4, -0.2) is 27.2 Å². The zero-order valence-corrected chi connectivity index (χ0v) is 12.2. The molecule has 0 saturated carbocycles. The average Bonchev–Trinajstić information content (AvgIpc) is 2.21. The summed E-state index contributed by atoms with van der Waals surface area (Å²) >= 11 is 2.90. The predicted molar refractivity (Wildman–Crippen MR) is 72.8 cm³/mol. The van der Waals surface area contributed by atoms with Gasteiger partial charge in [-0.3, -0.25) is 14.3 Å². The summed E-state index contributed by atoms with van der Waals surface area (Å²) in [5, 5.41) is 13.6. The first-order valence-electron chi connectivity index (χ1n) is 5.01. The van der Waals surface area contributed by atoms with E-state index in [1.165, 1.54) is 6.26 Å². The Hall–Kier alpha value is -1.02. The van der Waals surface area contributed by atoms with Gasteiger partial charge in [0.2, 0.25) is 0 Å². The Bertz CT molecular complexity index is 498. The Kier molecular flexibility index (Phi) is 5.21. The Morgan fingerprint density at radius 2 is 2.22 bits per heavy atom. The van der Waals surface area contributed by atoms with Crippen molar-refractivity contribution < 1.29 is 13.5 Å². The molecule has 8 heteroatoms. The number of benzene rings is 1. The van der Waals surface area contributed by atoms with E-state index >= 15 is 0 Å². The van der Waals surface area contributed by atoms with E-state index in [-0.39, 0.29) is 21.9 Å². The third-order valence-corrected chi connectivity index (χ3v) is 3.70. The SMILES string of the molecule is CC(CS(C)=O)Nc1cc(F)c(Br)cc1[N+](=O)[O-]. The lowest BCUT2D eigenvalue weighted by Gasteiger charge is -2.14. The molecular weight excluding hydrogens is 327 g/mol. The third kappa shape index (κ3) is 4.02. The summed E-state index contributed by atoms with van der Waals surface area (Å²) in [5.74, 6) is -0.262. The van der Waals surface area contributed by atoms with Gasteiger partial charge in [-0.15, -0.1) is 0 Å². The van der Waals surface area contributed by atoms with E-state index in [1.54, 1.807) is 6.92 Å². The van der Waals surface area contributed by atoms with Crippen LogP contribution >= 0.6 is 15.9 Å². The molecule has 0 aliphatic heterocycles. The Balaban J connectivity index is 3.03. The van der Waals surface area contributed by atoms with Crippen molar-refractivity contribution in [2.24, 2.45) is 0 Å². The van der Waals surface area contributed by atoms with Crippen molar-refractivity contribution in [1.82, 2.24) is 0 Å². The van der Waals surface area contributed by atoms with Crippen LogP contribution in [0.15, 0.2) is 16.6 Å². The second-order valence-corrected chi connectivity index (χ2v) is 6.16. The van der Waals surface area contributed by atoms with E-state index in [9.17, 15) is 18.7 Å². The molecule has 0 fully saturated rings. The topological polar surface area (TPSA) is 72.2 Å².